The van der Waals surface area contributed by atoms with E-state index in [2.05, 4.69) is 37.5 Å². The molecule has 0 spiro atoms. The summed E-state index contributed by atoms with van der Waals surface area (Å²) in [5, 5.41) is 0. The van der Waals surface area contributed by atoms with E-state index in [1.807, 2.05) is 6.08 Å². The van der Waals surface area contributed by atoms with Crippen LogP contribution in [0.25, 0.3) is 0 Å². The Morgan fingerprint density at radius 1 is 0.957 bits per heavy atom. The van der Waals surface area contributed by atoms with Crippen LogP contribution in [0.2, 0.25) is 13.3 Å². The summed E-state index contributed by atoms with van der Waals surface area (Å²) in [7, 11) is 0. The molecule has 23 heavy (non-hydrogen) atoms. The van der Waals surface area contributed by atoms with E-state index in [4.69, 9.17) is 4.74 Å². The maximum atomic E-state index is 11.5. The number of carbonyl (C=O) groups is 1. The minimum absolute atomic E-state index is 0.277. The summed E-state index contributed by atoms with van der Waals surface area (Å²) >= 11 is -2.20. The van der Waals surface area contributed by atoms with Gasteiger partial charge in [0.25, 0.3) is 0 Å². The number of carbonyl (C=O) groups excluding carboxylic acids is 1. The molecule has 0 radical (unpaired) electrons. The van der Waals surface area contributed by atoms with Crippen LogP contribution in [0.5, 0.6) is 0 Å². The number of allylic oxidation sites excluding steroid dienone is 2. The Labute approximate surface area is 147 Å². The van der Waals surface area contributed by atoms with Gasteiger partial charge in [-0.2, -0.15) is 0 Å². The van der Waals surface area contributed by atoms with Crippen LogP contribution in [0.1, 0.15) is 59.3 Å². The van der Waals surface area contributed by atoms with Crippen LogP contribution in [0.4, 0.5) is 0 Å². The molecule has 0 aliphatic rings. The summed E-state index contributed by atoms with van der Waals surface area (Å²) in [5.74, 6) is -0.286. The van der Waals surface area contributed by atoms with Gasteiger partial charge in [-0.3, -0.25) is 0 Å². The second kappa shape index (κ2) is 15.0. The van der Waals surface area contributed by atoms with E-state index in [0.717, 1.165) is 0 Å². The first-order chi connectivity index (χ1) is 11.1. The fraction of sp³-hybridized carbons (Fsp3) is 0.650. The van der Waals surface area contributed by atoms with Gasteiger partial charge >= 0.3 is 148 Å². The Morgan fingerprint density at radius 2 is 1.48 bits per heavy atom. The molecule has 0 N–H and O–H groups in total. The van der Waals surface area contributed by atoms with Crippen molar-refractivity contribution in [3.05, 3.63) is 35.0 Å². The van der Waals surface area contributed by atoms with E-state index in [1.165, 1.54) is 57.9 Å². The van der Waals surface area contributed by atoms with Crippen molar-refractivity contribution in [2.45, 2.75) is 72.6 Å². The van der Waals surface area contributed by atoms with Crippen LogP contribution >= 0.6 is 0 Å². The predicted molar refractivity (Wildman–Crippen MR) is 104 cm³/mol. The first kappa shape index (κ1) is 22.5. The van der Waals surface area contributed by atoms with Crippen LogP contribution < -0.4 is 0 Å². The van der Waals surface area contributed by atoms with Crippen molar-refractivity contribution in [1.29, 1.82) is 0 Å². The van der Waals surface area contributed by atoms with Crippen molar-refractivity contribution in [3.8, 4) is 0 Å². The van der Waals surface area contributed by atoms with Gasteiger partial charge in [-0.25, -0.2) is 0 Å². The summed E-state index contributed by atoms with van der Waals surface area (Å²) < 4.78 is 11.9. The van der Waals surface area contributed by atoms with E-state index >= 15 is 0 Å². The van der Waals surface area contributed by atoms with Crippen LogP contribution in [-0.4, -0.2) is 31.0 Å². The van der Waals surface area contributed by atoms with E-state index in [0.29, 0.717) is 0 Å². The van der Waals surface area contributed by atoms with Crippen molar-refractivity contribution in [3.63, 3.8) is 0 Å². The van der Waals surface area contributed by atoms with Gasteiger partial charge in [0.1, 0.15) is 0 Å². The number of rotatable bonds is 14. The number of ether oxygens (including phenoxy) is 1. The SMILES string of the molecule is C=CCOC(=O)C=CC=[CH][Sn]([CH2]CCC)([CH2]CCC)[CH2]CCC. The number of esters is 1. The molecule has 0 bridgehead atoms. The van der Waals surface area contributed by atoms with Crippen molar-refractivity contribution >= 4 is 24.3 Å². The average Bonchev–Trinajstić information content (AvgIpc) is 2.57. The monoisotopic (exact) mass is 428 g/mol. The molecule has 0 atom stereocenters. The molecule has 0 aromatic carbocycles. The quantitative estimate of drug-likeness (QED) is 0.108. The molecule has 0 saturated heterocycles. The molecule has 0 aliphatic heterocycles. The molecule has 0 aromatic heterocycles. The number of hydrogen-bond acceptors (Lipinski definition) is 2. The van der Waals surface area contributed by atoms with Gasteiger partial charge in [-0.1, -0.05) is 0 Å². The van der Waals surface area contributed by atoms with Gasteiger partial charge in [0.2, 0.25) is 0 Å². The fourth-order valence-electron chi connectivity index (χ4n) is 2.79. The predicted octanol–water partition coefficient (Wildman–Crippen LogP) is 6.22. The van der Waals surface area contributed by atoms with Gasteiger partial charge in [-0.05, 0) is 0 Å². The Kier molecular flexibility index (Phi) is 14.7. The van der Waals surface area contributed by atoms with Crippen LogP contribution in [0.15, 0.2) is 35.0 Å². The zero-order chi connectivity index (χ0) is 17.4. The molecule has 3 heteroatoms. The third kappa shape index (κ3) is 11.6. The molecule has 0 aliphatic carbocycles. The second-order valence-electron chi connectivity index (χ2n) is 6.31. The first-order valence-electron chi connectivity index (χ1n) is 9.27. The summed E-state index contributed by atoms with van der Waals surface area (Å²) in [4.78, 5) is 11.5. The van der Waals surface area contributed by atoms with Gasteiger partial charge < -0.3 is 0 Å². The normalized spacial score (nSPS) is 12.1. The van der Waals surface area contributed by atoms with Gasteiger partial charge in [-0.15, -0.1) is 0 Å². The van der Waals surface area contributed by atoms with Gasteiger partial charge in [0.05, 0.1) is 0 Å². The van der Waals surface area contributed by atoms with E-state index in [-0.39, 0.29) is 12.6 Å². The van der Waals surface area contributed by atoms with E-state index < -0.39 is 18.4 Å². The summed E-state index contributed by atoms with van der Waals surface area (Å²) in [6.07, 6.45) is 15.0. The summed E-state index contributed by atoms with van der Waals surface area (Å²) in [6.45, 7) is 10.7. The molecule has 0 saturated carbocycles. The Bertz CT molecular complexity index is 350. The van der Waals surface area contributed by atoms with Crippen molar-refractivity contribution in [1.82, 2.24) is 0 Å². The third-order valence-electron chi connectivity index (χ3n) is 4.22. The Hall–Kier alpha value is -0.511. The van der Waals surface area contributed by atoms with Crippen LogP contribution in [-0.2, 0) is 9.53 Å². The molecule has 0 aromatic rings. The van der Waals surface area contributed by atoms with Crippen molar-refractivity contribution in [2.75, 3.05) is 6.61 Å². The van der Waals surface area contributed by atoms with E-state index in [1.54, 1.807) is 6.08 Å². The molecular formula is C20H36O2Sn. The molecule has 132 valence electrons. The third-order valence-corrected chi connectivity index (χ3v) is 18.3. The molecule has 0 heterocycles. The van der Waals surface area contributed by atoms with Crippen LogP contribution in [0.3, 0.4) is 0 Å². The van der Waals surface area contributed by atoms with Crippen LogP contribution in [0, 0.1) is 0 Å². The zero-order valence-corrected chi connectivity index (χ0v) is 18.3. The van der Waals surface area contributed by atoms with Gasteiger partial charge in [0, 0.05) is 0 Å². The van der Waals surface area contributed by atoms with E-state index in [9.17, 15) is 4.79 Å². The topological polar surface area (TPSA) is 26.3 Å². The standard InChI is InChI=1S/C8H9O2.3C4H9.Sn/c1-3-5-6-8(9)10-7-4-2;3*1-3-4-2;/h1,3-6H,2,7H2;3*1,3-4H2,2H3;. The fourth-order valence-corrected chi connectivity index (χ4v) is 16.9. The zero-order valence-electron chi connectivity index (χ0n) is 15.5. The summed E-state index contributed by atoms with van der Waals surface area (Å²) in [5.41, 5.74) is 0. The second-order valence-corrected chi connectivity index (χ2v) is 19.3. The minimum atomic E-state index is -2.20. The maximum absolute atomic E-state index is 11.5. The average molecular weight is 427 g/mol. The first-order valence-corrected chi connectivity index (χ1v) is 17.0. The molecular weight excluding hydrogens is 391 g/mol. The molecule has 2 nitrogen and oxygen atoms in total. The summed E-state index contributed by atoms with van der Waals surface area (Å²) in [6, 6.07) is 0. The Morgan fingerprint density at radius 3 is 1.91 bits per heavy atom. The molecule has 0 fully saturated rings. The Balaban J connectivity index is 4.84. The van der Waals surface area contributed by atoms with Gasteiger partial charge in [0.15, 0.2) is 0 Å². The molecule has 0 unspecified atom stereocenters. The number of hydrogen-bond donors (Lipinski definition) is 0. The van der Waals surface area contributed by atoms with Crippen molar-refractivity contribution in [2.24, 2.45) is 0 Å². The van der Waals surface area contributed by atoms with Crippen molar-refractivity contribution < 1.29 is 9.53 Å². The molecule has 0 rings (SSSR count). The number of unbranched alkanes of at least 4 members (excludes halogenated alkanes) is 3. The molecule has 0 amide bonds.